The Labute approximate surface area is 537 Å². The second kappa shape index (κ2) is 27.8. The summed E-state index contributed by atoms with van der Waals surface area (Å²) in [4.78, 5) is 65.7. The number of nitrogens with zero attached hydrogens (tertiary/aromatic N) is 6. The third kappa shape index (κ3) is 19.1. The SMILES string of the molecule is CC(C)(C)OC(=O)N[C@@H]1CCC[C@H](Cc2nc(Cl)ncc2F)C1.CC(C)(C)OC(=O)N[C@@H]1CCC[C@H](Nc2nc(-c3cn(C(=O)OC(C)(C)C)c4c(F)cc(Cl)cc34)ncc2F)C1.CC(C)(C)OC(=O)n1cc(B2OC(C)(C)C(C)(C)O2)c2cc(Cl)cc(F)c21. The molecule has 3 aliphatic rings. The fourth-order valence-corrected chi connectivity index (χ4v) is 11.0. The zero-order chi connectivity index (χ0) is 66.8. The second-order valence-corrected chi connectivity index (χ2v) is 28.9. The van der Waals surface area contributed by atoms with Crippen LogP contribution in [0.2, 0.25) is 15.3 Å². The number of halogens is 7. The first-order chi connectivity index (χ1) is 41.5. The number of amides is 2. The van der Waals surface area contributed by atoms with E-state index < -0.39 is 88.4 Å². The van der Waals surface area contributed by atoms with Gasteiger partial charge in [-0.3, -0.25) is 0 Å². The minimum absolute atomic E-state index is 0.0453. The Balaban J connectivity index is 0.000000201. The van der Waals surface area contributed by atoms with Gasteiger partial charge in [-0.25, -0.2) is 65.8 Å². The number of hydrogen-bond donors (Lipinski definition) is 3. The molecule has 4 atom stereocenters. The molecular formula is C63H81BCl3F4N9O10. The highest BCUT2D eigenvalue weighted by molar-refractivity contribution is 6.65. The molecule has 2 aromatic carbocycles. The highest BCUT2D eigenvalue weighted by Gasteiger charge is 2.53. The van der Waals surface area contributed by atoms with Crippen LogP contribution in [0, 0.1) is 29.2 Å². The van der Waals surface area contributed by atoms with Crippen molar-refractivity contribution >= 4 is 99.4 Å². The van der Waals surface area contributed by atoms with Gasteiger partial charge < -0.3 is 44.2 Å². The van der Waals surface area contributed by atoms with E-state index in [1.54, 1.807) is 68.4 Å². The maximum Gasteiger partial charge on any atom is 0.497 e. The van der Waals surface area contributed by atoms with Gasteiger partial charge in [-0.05, 0) is 204 Å². The van der Waals surface area contributed by atoms with Gasteiger partial charge in [0.25, 0.3) is 0 Å². The Morgan fingerprint density at radius 3 is 1.60 bits per heavy atom. The van der Waals surface area contributed by atoms with Crippen LogP contribution in [0.1, 0.15) is 168 Å². The van der Waals surface area contributed by atoms with Gasteiger partial charge in [0.15, 0.2) is 23.3 Å². The summed E-state index contributed by atoms with van der Waals surface area (Å²) in [7, 11) is -0.765. The number of carbonyl (C=O) groups excluding carboxylic acids is 4. The van der Waals surface area contributed by atoms with Crippen LogP contribution in [0.5, 0.6) is 0 Å². The van der Waals surface area contributed by atoms with Crippen LogP contribution in [0.4, 0.5) is 42.6 Å². The molecule has 27 heteroatoms. The van der Waals surface area contributed by atoms with E-state index in [9.17, 15) is 32.3 Å². The van der Waals surface area contributed by atoms with E-state index in [0.717, 1.165) is 72.5 Å². The maximum absolute atomic E-state index is 15.0. The summed E-state index contributed by atoms with van der Waals surface area (Å²) in [6.07, 6.45) is 9.59. The predicted molar refractivity (Wildman–Crippen MR) is 339 cm³/mol. The lowest BCUT2D eigenvalue weighted by molar-refractivity contribution is 0.00578. The Morgan fingerprint density at radius 1 is 0.600 bits per heavy atom. The van der Waals surface area contributed by atoms with E-state index in [1.807, 2.05) is 48.5 Å². The Bertz CT molecular complexity index is 3600. The first-order valence-corrected chi connectivity index (χ1v) is 31.0. The number of anilines is 1. The molecule has 0 radical (unpaired) electrons. The van der Waals surface area contributed by atoms with Crippen molar-refractivity contribution in [2.24, 2.45) is 5.92 Å². The Morgan fingerprint density at radius 2 is 1.07 bits per heavy atom. The van der Waals surface area contributed by atoms with Crippen molar-refractivity contribution in [1.29, 1.82) is 0 Å². The zero-order valence-electron chi connectivity index (χ0n) is 53.8. The van der Waals surface area contributed by atoms with Crippen molar-refractivity contribution in [2.75, 3.05) is 5.32 Å². The average molecular weight is 1320 g/mol. The highest BCUT2D eigenvalue weighted by atomic mass is 35.5. The molecule has 2 saturated carbocycles. The van der Waals surface area contributed by atoms with Crippen LogP contribution in [0.25, 0.3) is 33.2 Å². The minimum Gasteiger partial charge on any atom is -0.444 e. The van der Waals surface area contributed by atoms with Gasteiger partial charge in [-0.15, -0.1) is 0 Å². The normalized spacial score (nSPS) is 19.2. The molecule has 0 unspecified atom stereocenters. The van der Waals surface area contributed by atoms with Gasteiger partial charge in [0, 0.05) is 62.4 Å². The summed E-state index contributed by atoms with van der Waals surface area (Å²) in [6.45, 7) is 28.9. The molecule has 2 aliphatic carbocycles. The average Bonchev–Trinajstić information content (AvgIpc) is 1.76. The number of aromatic nitrogens is 6. The molecule has 90 heavy (non-hydrogen) atoms. The van der Waals surface area contributed by atoms with Crippen LogP contribution >= 0.6 is 34.8 Å². The van der Waals surface area contributed by atoms with Gasteiger partial charge in [0.1, 0.15) is 34.0 Å². The molecule has 5 heterocycles. The number of carbonyl (C=O) groups is 4. The van der Waals surface area contributed by atoms with Gasteiger partial charge in [0.2, 0.25) is 5.28 Å². The molecule has 19 nitrogen and oxygen atoms in total. The van der Waals surface area contributed by atoms with E-state index in [2.05, 4.69) is 35.9 Å². The first-order valence-electron chi connectivity index (χ1n) is 29.8. The van der Waals surface area contributed by atoms with Crippen LogP contribution in [-0.4, -0.2) is 112 Å². The van der Waals surface area contributed by atoms with E-state index in [-0.39, 0.29) is 73.0 Å². The second-order valence-electron chi connectivity index (χ2n) is 27.7. The third-order valence-electron chi connectivity index (χ3n) is 14.8. The van der Waals surface area contributed by atoms with Crippen LogP contribution in [0.15, 0.2) is 49.1 Å². The smallest absolute Gasteiger partial charge is 0.444 e. The molecule has 6 aromatic rings. The van der Waals surface area contributed by atoms with Crippen molar-refractivity contribution < 1.29 is 65.0 Å². The molecule has 0 bridgehead atoms. The predicted octanol–water partition coefficient (Wildman–Crippen LogP) is 15.5. The maximum atomic E-state index is 15.0. The van der Waals surface area contributed by atoms with Gasteiger partial charge in [0.05, 0.1) is 40.3 Å². The van der Waals surface area contributed by atoms with Crippen molar-refractivity contribution in [3.63, 3.8) is 0 Å². The molecule has 3 fully saturated rings. The topological polar surface area (TPSA) is 221 Å². The summed E-state index contributed by atoms with van der Waals surface area (Å²) < 4.78 is 94.2. The standard InChI is InChI=1S/C28H34ClF2N5O4.C19H24BClFNO4.C16H23ClFN3O2/c1-27(2,3)39-25(37)34-17-9-7-8-16(12-17)33-24-21(31)13-32-23(35-24)19-14-36(26(38)40-28(4,5)6)22-18(19)10-15(29)11-20(22)30;1-17(2,3)25-16(24)23-10-13(12-8-11(21)9-14(22)15(12)23)20-26-18(4,5)19(6,7)27-20;1-16(2,3)23-15(22)20-11-6-4-5-10(7-11)8-13-12(18)9-19-14(17)21-13/h10-11,13-14,16-17H,7-9,12H2,1-6H3,(H,34,37)(H,32,33,35);8-10H,1-7H3;9-11H,4-8H2,1-3H3,(H,20,22)/t16-,17+;;10-,11+/m0.0/s1. The number of nitrogens with one attached hydrogen (secondary N) is 3. The van der Waals surface area contributed by atoms with Crippen molar-refractivity contribution in [2.45, 2.75) is 220 Å². The molecule has 0 spiro atoms. The van der Waals surface area contributed by atoms with Crippen LogP contribution < -0.4 is 21.4 Å². The van der Waals surface area contributed by atoms with E-state index >= 15 is 4.39 Å². The van der Waals surface area contributed by atoms with E-state index in [1.165, 1.54) is 24.5 Å². The summed E-state index contributed by atoms with van der Waals surface area (Å²) in [5.41, 5.74) is -2.66. The monoisotopic (exact) mass is 1320 g/mol. The van der Waals surface area contributed by atoms with E-state index in [0.29, 0.717) is 29.4 Å². The van der Waals surface area contributed by atoms with Crippen molar-refractivity contribution in [3.05, 3.63) is 93.3 Å². The Hall–Kier alpha value is -6.47. The summed E-state index contributed by atoms with van der Waals surface area (Å²) in [6, 6.07) is 5.06. The number of ether oxygens (including phenoxy) is 4. The minimum atomic E-state index is -0.823. The van der Waals surface area contributed by atoms with Gasteiger partial charge >= 0.3 is 31.5 Å². The highest BCUT2D eigenvalue weighted by Crippen LogP contribution is 2.39. The number of alkyl carbamates (subject to hydrolysis) is 2. The summed E-state index contributed by atoms with van der Waals surface area (Å²) >= 11 is 17.9. The number of rotatable bonds is 8. The van der Waals surface area contributed by atoms with Crippen LogP contribution in [0.3, 0.4) is 0 Å². The third-order valence-corrected chi connectivity index (χ3v) is 15.5. The Kier molecular flexibility index (Phi) is 21.9. The molecule has 9 rings (SSSR count). The van der Waals surface area contributed by atoms with Crippen molar-refractivity contribution in [1.82, 2.24) is 39.7 Å². The zero-order valence-corrected chi connectivity index (χ0v) is 56.0. The number of hydrogen-bond acceptors (Lipinski definition) is 15. The van der Waals surface area contributed by atoms with Gasteiger partial charge in [-0.1, -0.05) is 29.6 Å². The molecule has 1 aliphatic heterocycles. The molecule has 2 amide bonds. The largest absolute Gasteiger partial charge is 0.497 e. The molecule has 1 saturated heterocycles. The van der Waals surface area contributed by atoms with Crippen molar-refractivity contribution in [3.8, 4) is 11.4 Å². The fraction of sp³-hybridized carbons (Fsp3) is 0.556. The quantitative estimate of drug-likeness (QED) is 0.0558. The van der Waals surface area contributed by atoms with Gasteiger partial charge in [-0.2, -0.15) is 0 Å². The summed E-state index contributed by atoms with van der Waals surface area (Å²) in [5, 5.41) is 10.0. The molecule has 490 valence electrons. The lowest BCUT2D eigenvalue weighted by Gasteiger charge is -2.32. The lowest BCUT2D eigenvalue weighted by atomic mass is 9.79. The van der Waals surface area contributed by atoms with E-state index in [4.69, 9.17) is 63.1 Å². The number of benzene rings is 2. The molecular weight excluding hydrogens is 1240 g/mol. The van der Waals surface area contributed by atoms with Crippen LogP contribution in [-0.2, 0) is 34.7 Å². The molecule has 4 aromatic heterocycles. The first kappa shape index (κ1) is 71.0. The number of fused-ring (bicyclic) bond motifs is 2. The molecule has 3 N–H and O–H groups in total. The fourth-order valence-electron chi connectivity index (χ4n) is 10.4. The summed E-state index contributed by atoms with van der Waals surface area (Å²) in [5.74, 6) is -2.19. The lowest BCUT2D eigenvalue weighted by Crippen LogP contribution is -2.44.